The van der Waals surface area contributed by atoms with E-state index >= 15 is 0 Å². The second-order valence-corrected chi connectivity index (χ2v) is 9.32. The minimum absolute atomic E-state index is 0.0235. The van der Waals surface area contributed by atoms with Crippen molar-refractivity contribution in [3.63, 3.8) is 0 Å². The van der Waals surface area contributed by atoms with Crippen LogP contribution >= 0.6 is 27.5 Å². The first-order chi connectivity index (χ1) is 14.4. The van der Waals surface area contributed by atoms with Gasteiger partial charge < -0.3 is 5.32 Å². The summed E-state index contributed by atoms with van der Waals surface area (Å²) in [4.78, 5) is 13.1. The molecule has 0 atom stereocenters. The molecule has 3 aromatic carbocycles. The highest BCUT2D eigenvalue weighted by atomic mass is 79.9. The van der Waals surface area contributed by atoms with Crippen molar-refractivity contribution in [2.24, 2.45) is 4.40 Å². The number of halogens is 2. The summed E-state index contributed by atoms with van der Waals surface area (Å²) >= 11 is 9.90. The molecule has 0 aromatic heterocycles. The maximum atomic E-state index is 13.1. The van der Waals surface area contributed by atoms with E-state index < -0.39 is 10.0 Å². The van der Waals surface area contributed by atoms with Crippen LogP contribution in [0.1, 0.15) is 15.9 Å². The zero-order valence-electron chi connectivity index (χ0n) is 15.3. The van der Waals surface area contributed by atoms with Gasteiger partial charge in [0.15, 0.2) is 0 Å². The van der Waals surface area contributed by atoms with Gasteiger partial charge in [-0.2, -0.15) is 12.8 Å². The van der Waals surface area contributed by atoms with Crippen LogP contribution in [0, 0.1) is 0 Å². The average Bonchev–Trinajstić information content (AvgIpc) is 2.76. The molecule has 4 rings (SSSR count). The third kappa shape index (κ3) is 3.96. The quantitative estimate of drug-likeness (QED) is 0.520. The Kier molecular flexibility index (Phi) is 5.60. The maximum absolute atomic E-state index is 13.1. The van der Waals surface area contributed by atoms with Crippen molar-refractivity contribution in [3.8, 4) is 0 Å². The molecule has 0 unspecified atom stereocenters. The molecular formula is C22H14BrClN2O3S. The predicted molar refractivity (Wildman–Crippen MR) is 122 cm³/mol. The molecule has 0 saturated heterocycles. The minimum atomic E-state index is -4.03. The first kappa shape index (κ1) is 20.5. The van der Waals surface area contributed by atoms with Crippen LogP contribution in [0.15, 0.2) is 103 Å². The van der Waals surface area contributed by atoms with Gasteiger partial charge in [0, 0.05) is 21.3 Å². The minimum Gasteiger partial charge on any atom is -0.351 e. The van der Waals surface area contributed by atoms with Crippen LogP contribution in [0.5, 0.6) is 0 Å². The van der Waals surface area contributed by atoms with E-state index in [2.05, 4.69) is 25.6 Å². The summed E-state index contributed by atoms with van der Waals surface area (Å²) in [6.45, 7) is 0. The van der Waals surface area contributed by atoms with Crippen molar-refractivity contribution in [2.75, 3.05) is 5.32 Å². The number of hydrogen-bond donors (Lipinski definition) is 1. The highest BCUT2D eigenvalue weighted by Gasteiger charge is 2.31. The van der Waals surface area contributed by atoms with E-state index in [0.29, 0.717) is 16.8 Å². The van der Waals surface area contributed by atoms with Crippen LogP contribution in [0.25, 0.3) is 0 Å². The van der Waals surface area contributed by atoms with E-state index in [4.69, 9.17) is 11.6 Å². The largest absolute Gasteiger partial charge is 0.351 e. The number of nitrogens with one attached hydrogen (secondary N) is 1. The van der Waals surface area contributed by atoms with Crippen molar-refractivity contribution in [1.82, 2.24) is 0 Å². The van der Waals surface area contributed by atoms with Gasteiger partial charge >= 0.3 is 0 Å². The molecule has 0 aliphatic heterocycles. The lowest BCUT2D eigenvalue weighted by molar-refractivity contribution is 0.103. The van der Waals surface area contributed by atoms with Gasteiger partial charge in [-0.05, 0) is 36.4 Å². The van der Waals surface area contributed by atoms with E-state index in [9.17, 15) is 13.2 Å². The number of benzene rings is 3. The van der Waals surface area contributed by atoms with Gasteiger partial charge in [0.2, 0.25) is 5.78 Å². The highest BCUT2D eigenvalue weighted by molar-refractivity contribution is 9.10. The molecule has 30 heavy (non-hydrogen) atoms. The summed E-state index contributed by atoms with van der Waals surface area (Å²) in [5, 5.41) is 2.95. The van der Waals surface area contributed by atoms with Crippen LogP contribution < -0.4 is 5.32 Å². The van der Waals surface area contributed by atoms with Gasteiger partial charge in [0.1, 0.15) is 11.4 Å². The molecule has 1 N–H and O–H groups in total. The second kappa shape index (κ2) is 8.18. The zero-order chi connectivity index (χ0) is 21.3. The molecule has 0 bridgehead atoms. The number of sulfonamides is 1. The number of anilines is 1. The van der Waals surface area contributed by atoms with Gasteiger partial charge in [-0.1, -0.05) is 70.0 Å². The van der Waals surface area contributed by atoms with E-state index in [1.165, 1.54) is 12.1 Å². The number of carbonyl (C=O) groups excluding carboxylic acids is 1. The summed E-state index contributed by atoms with van der Waals surface area (Å²) in [7, 11) is -4.03. The normalized spacial score (nSPS) is 15.3. The third-order valence-electron chi connectivity index (χ3n) is 4.45. The molecule has 0 spiro atoms. The number of hydrogen-bond acceptors (Lipinski definition) is 4. The molecular weight excluding hydrogens is 488 g/mol. The molecule has 3 aromatic rings. The van der Waals surface area contributed by atoms with Crippen LogP contribution in [0.2, 0.25) is 0 Å². The lowest BCUT2D eigenvalue weighted by atomic mass is 9.92. The molecule has 1 aliphatic carbocycles. The number of allylic oxidation sites excluding steroid dienone is 2. The van der Waals surface area contributed by atoms with E-state index in [-0.39, 0.29) is 27.1 Å². The monoisotopic (exact) mass is 500 g/mol. The number of carbonyl (C=O) groups is 1. The van der Waals surface area contributed by atoms with E-state index in [1.54, 1.807) is 54.6 Å². The lowest BCUT2D eigenvalue weighted by Gasteiger charge is -2.21. The summed E-state index contributed by atoms with van der Waals surface area (Å²) in [6, 6.07) is 21.7. The first-order valence-corrected chi connectivity index (χ1v) is 11.4. The fraction of sp³-hybridized carbons (Fsp3) is 0. The Morgan fingerprint density at radius 3 is 2.10 bits per heavy atom. The Hall–Kier alpha value is -2.74. The average molecular weight is 502 g/mol. The topological polar surface area (TPSA) is 75.6 Å². The fourth-order valence-electron chi connectivity index (χ4n) is 3.00. The molecule has 5 nitrogen and oxygen atoms in total. The molecule has 0 radical (unpaired) electrons. The SMILES string of the molecule is O=C1C(Nc2ccc(Br)cc2)=C(Cl)/C(=N\S(=O)(=O)c2ccccc2)c2ccccc21. The van der Waals surface area contributed by atoms with Crippen molar-refractivity contribution in [2.45, 2.75) is 4.90 Å². The van der Waals surface area contributed by atoms with Gasteiger partial charge in [0.05, 0.1) is 9.93 Å². The number of ketones is 1. The maximum Gasteiger partial charge on any atom is 0.282 e. The second-order valence-electron chi connectivity index (χ2n) is 6.42. The molecule has 1 aliphatic rings. The lowest BCUT2D eigenvalue weighted by Crippen LogP contribution is -2.25. The molecule has 8 heteroatoms. The molecule has 0 amide bonds. The van der Waals surface area contributed by atoms with E-state index in [0.717, 1.165) is 4.47 Å². The third-order valence-corrected chi connectivity index (χ3v) is 6.63. The van der Waals surface area contributed by atoms with Crippen molar-refractivity contribution in [3.05, 3.63) is 105 Å². The Morgan fingerprint density at radius 1 is 0.833 bits per heavy atom. The summed E-state index contributed by atoms with van der Waals surface area (Å²) in [6.07, 6.45) is 0. The zero-order valence-corrected chi connectivity index (χ0v) is 18.5. The predicted octanol–water partition coefficient (Wildman–Crippen LogP) is 5.39. The summed E-state index contributed by atoms with van der Waals surface area (Å²) < 4.78 is 30.6. The smallest absolute Gasteiger partial charge is 0.282 e. The molecule has 0 saturated carbocycles. The van der Waals surface area contributed by atoms with Crippen molar-refractivity contribution in [1.29, 1.82) is 0 Å². The van der Waals surface area contributed by atoms with Gasteiger partial charge in [-0.3, -0.25) is 4.79 Å². The number of fused-ring (bicyclic) bond motifs is 1. The van der Waals surface area contributed by atoms with Crippen LogP contribution in [-0.2, 0) is 10.0 Å². The summed E-state index contributed by atoms with van der Waals surface area (Å²) in [5.41, 5.74) is 1.41. The van der Waals surface area contributed by atoms with Crippen molar-refractivity contribution >= 4 is 54.7 Å². The van der Waals surface area contributed by atoms with Crippen LogP contribution in [-0.4, -0.2) is 19.9 Å². The molecule has 150 valence electrons. The number of Topliss-reactive ketones (excluding diaryl/α,β-unsaturated/α-hetero) is 1. The van der Waals surface area contributed by atoms with Gasteiger partial charge in [0.25, 0.3) is 10.0 Å². The Balaban J connectivity index is 1.87. The van der Waals surface area contributed by atoms with Gasteiger partial charge in [-0.25, -0.2) is 0 Å². The standard InChI is InChI=1S/C22H14BrClN2O3S/c23-14-10-12-15(13-11-14)25-21-19(24)20(17-8-4-5-9-18(17)22(21)27)26-30(28,29)16-6-2-1-3-7-16/h1-13,25H/b26-20-. The molecule has 0 heterocycles. The first-order valence-electron chi connectivity index (χ1n) is 8.84. The molecule has 0 fully saturated rings. The number of rotatable bonds is 4. The number of nitrogens with zero attached hydrogens (tertiary/aromatic N) is 1. The van der Waals surface area contributed by atoms with Gasteiger partial charge in [-0.15, -0.1) is 0 Å². The Bertz CT molecular complexity index is 1300. The Labute approximate surface area is 187 Å². The van der Waals surface area contributed by atoms with Crippen molar-refractivity contribution < 1.29 is 13.2 Å². The Morgan fingerprint density at radius 2 is 1.43 bits per heavy atom. The fourth-order valence-corrected chi connectivity index (χ4v) is 4.63. The van der Waals surface area contributed by atoms with Crippen LogP contribution in [0.4, 0.5) is 5.69 Å². The van der Waals surface area contributed by atoms with Crippen LogP contribution in [0.3, 0.4) is 0 Å². The van der Waals surface area contributed by atoms with E-state index in [1.807, 2.05) is 12.1 Å². The summed E-state index contributed by atoms with van der Waals surface area (Å²) in [5.74, 6) is -0.338. The highest BCUT2D eigenvalue weighted by Crippen LogP contribution is 2.31.